The van der Waals surface area contributed by atoms with Crippen LogP contribution in [0, 0.1) is 0 Å². The number of thioether (sulfide) groups is 1. The SMILES string of the molecule is CC(=O)Sc1cccc(C(=O)N(CC(=O)O)C2CCCC2)c1. The number of carboxylic acids is 1. The topological polar surface area (TPSA) is 74.7 Å². The second-order valence-corrected chi connectivity index (χ2v) is 6.64. The molecule has 6 heteroatoms. The van der Waals surface area contributed by atoms with Crippen LogP contribution >= 0.6 is 11.8 Å². The van der Waals surface area contributed by atoms with E-state index in [1.807, 2.05) is 0 Å². The van der Waals surface area contributed by atoms with Crippen LogP contribution in [0.4, 0.5) is 0 Å². The molecule has 1 fully saturated rings. The molecule has 0 saturated heterocycles. The molecule has 1 saturated carbocycles. The predicted molar refractivity (Wildman–Crippen MR) is 83.9 cm³/mol. The molecule has 1 N–H and O–H groups in total. The summed E-state index contributed by atoms with van der Waals surface area (Å²) in [6.45, 7) is 1.18. The monoisotopic (exact) mass is 321 g/mol. The lowest BCUT2D eigenvalue weighted by Crippen LogP contribution is -2.42. The van der Waals surface area contributed by atoms with Gasteiger partial charge in [0, 0.05) is 23.4 Å². The van der Waals surface area contributed by atoms with E-state index in [1.165, 1.54) is 11.8 Å². The zero-order valence-electron chi connectivity index (χ0n) is 12.4. The number of carboxylic acid groups (broad SMARTS) is 1. The Morgan fingerprint density at radius 3 is 2.55 bits per heavy atom. The zero-order valence-corrected chi connectivity index (χ0v) is 13.3. The van der Waals surface area contributed by atoms with Crippen LogP contribution in [0.15, 0.2) is 29.2 Å². The maximum atomic E-state index is 12.7. The van der Waals surface area contributed by atoms with Gasteiger partial charge in [0.15, 0.2) is 5.12 Å². The number of aliphatic carboxylic acids is 1. The lowest BCUT2D eigenvalue weighted by atomic mass is 10.1. The highest BCUT2D eigenvalue weighted by atomic mass is 32.2. The predicted octanol–water partition coefficient (Wildman–Crippen LogP) is 2.79. The van der Waals surface area contributed by atoms with E-state index < -0.39 is 5.97 Å². The Hall–Kier alpha value is -1.82. The Bertz CT molecular complexity index is 581. The second kappa shape index (κ2) is 7.45. The Morgan fingerprint density at radius 2 is 1.95 bits per heavy atom. The van der Waals surface area contributed by atoms with Gasteiger partial charge in [-0.25, -0.2) is 0 Å². The van der Waals surface area contributed by atoms with Crippen molar-refractivity contribution in [1.29, 1.82) is 0 Å². The normalized spacial score (nSPS) is 14.8. The molecule has 1 aromatic carbocycles. The molecule has 0 unspecified atom stereocenters. The van der Waals surface area contributed by atoms with Crippen LogP contribution < -0.4 is 0 Å². The standard InChI is InChI=1S/C16H19NO4S/c1-11(18)22-14-8-4-5-12(9-14)16(21)17(10-15(19)20)13-6-2-3-7-13/h4-5,8-9,13H,2-3,6-7,10H2,1H3,(H,19,20). The Balaban J connectivity index is 2.21. The van der Waals surface area contributed by atoms with E-state index in [9.17, 15) is 14.4 Å². The van der Waals surface area contributed by atoms with Gasteiger partial charge in [-0.15, -0.1) is 0 Å². The number of benzene rings is 1. The minimum atomic E-state index is -1.01. The third-order valence-electron chi connectivity index (χ3n) is 3.67. The average Bonchev–Trinajstić information content (AvgIpc) is 2.97. The lowest BCUT2D eigenvalue weighted by molar-refractivity contribution is -0.138. The first-order valence-corrected chi connectivity index (χ1v) is 8.10. The van der Waals surface area contributed by atoms with Crippen LogP contribution in [0.25, 0.3) is 0 Å². The first-order valence-electron chi connectivity index (χ1n) is 7.28. The third kappa shape index (κ3) is 4.34. The molecule has 0 spiro atoms. The van der Waals surface area contributed by atoms with Crippen molar-refractivity contribution in [2.45, 2.75) is 43.5 Å². The van der Waals surface area contributed by atoms with Gasteiger partial charge >= 0.3 is 5.97 Å². The van der Waals surface area contributed by atoms with Crippen LogP contribution in [0.1, 0.15) is 43.0 Å². The van der Waals surface area contributed by atoms with Gasteiger partial charge in [0.2, 0.25) is 0 Å². The van der Waals surface area contributed by atoms with E-state index in [-0.39, 0.29) is 23.6 Å². The molecule has 118 valence electrons. The summed E-state index contributed by atoms with van der Waals surface area (Å²) in [7, 11) is 0. The summed E-state index contributed by atoms with van der Waals surface area (Å²) in [5.74, 6) is -1.28. The molecule has 22 heavy (non-hydrogen) atoms. The molecular weight excluding hydrogens is 302 g/mol. The lowest BCUT2D eigenvalue weighted by Gasteiger charge is -2.27. The molecule has 1 aromatic rings. The van der Waals surface area contributed by atoms with Crippen molar-refractivity contribution in [2.24, 2.45) is 0 Å². The number of rotatable bonds is 5. The van der Waals surface area contributed by atoms with Crippen molar-refractivity contribution in [3.05, 3.63) is 29.8 Å². The fourth-order valence-corrected chi connectivity index (χ4v) is 3.42. The summed E-state index contributed by atoms with van der Waals surface area (Å²) in [6, 6.07) is 6.79. The Labute approximate surface area is 133 Å². The van der Waals surface area contributed by atoms with Crippen molar-refractivity contribution in [3.63, 3.8) is 0 Å². The number of nitrogens with zero attached hydrogens (tertiary/aromatic N) is 1. The fourth-order valence-electron chi connectivity index (χ4n) is 2.75. The summed E-state index contributed by atoms with van der Waals surface area (Å²) in [5.41, 5.74) is 0.430. The van der Waals surface area contributed by atoms with Gasteiger partial charge in [-0.1, -0.05) is 30.7 Å². The first kappa shape index (κ1) is 16.5. The number of hydrogen-bond donors (Lipinski definition) is 1. The van der Waals surface area contributed by atoms with Crippen molar-refractivity contribution in [2.75, 3.05) is 6.54 Å². The molecule has 1 amide bonds. The Morgan fingerprint density at radius 1 is 1.27 bits per heavy atom. The quantitative estimate of drug-likeness (QED) is 0.844. The van der Waals surface area contributed by atoms with E-state index in [1.54, 1.807) is 24.3 Å². The van der Waals surface area contributed by atoms with Crippen molar-refractivity contribution < 1.29 is 19.5 Å². The molecule has 0 radical (unpaired) electrons. The van der Waals surface area contributed by atoms with Gasteiger partial charge in [0.25, 0.3) is 5.91 Å². The number of amides is 1. The highest BCUT2D eigenvalue weighted by molar-refractivity contribution is 8.13. The molecule has 5 nitrogen and oxygen atoms in total. The van der Waals surface area contributed by atoms with Gasteiger partial charge in [0.1, 0.15) is 6.54 Å². The van der Waals surface area contributed by atoms with Crippen LogP contribution in [0.5, 0.6) is 0 Å². The highest BCUT2D eigenvalue weighted by Crippen LogP contribution is 2.26. The summed E-state index contributed by atoms with van der Waals surface area (Å²) >= 11 is 1.06. The third-order valence-corrected chi connectivity index (χ3v) is 4.45. The van der Waals surface area contributed by atoms with Crippen molar-refractivity contribution in [3.8, 4) is 0 Å². The van der Waals surface area contributed by atoms with Crippen LogP contribution in [0.3, 0.4) is 0 Å². The number of hydrogen-bond acceptors (Lipinski definition) is 4. The van der Waals surface area contributed by atoms with Gasteiger partial charge < -0.3 is 10.0 Å². The summed E-state index contributed by atoms with van der Waals surface area (Å²) in [5, 5.41) is 9.02. The smallest absolute Gasteiger partial charge is 0.323 e. The molecule has 0 bridgehead atoms. The van der Waals surface area contributed by atoms with Crippen molar-refractivity contribution >= 4 is 28.8 Å². The van der Waals surface area contributed by atoms with Gasteiger partial charge in [-0.3, -0.25) is 14.4 Å². The first-order chi connectivity index (χ1) is 10.5. The average molecular weight is 321 g/mol. The Kier molecular flexibility index (Phi) is 5.60. The maximum Gasteiger partial charge on any atom is 0.323 e. The van der Waals surface area contributed by atoms with E-state index in [2.05, 4.69) is 0 Å². The van der Waals surface area contributed by atoms with Crippen LogP contribution in [-0.4, -0.2) is 39.6 Å². The van der Waals surface area contributed by atoms with Gasteiger partial charge in [0.05, 0.1) is 0 Å². The van der Waals surface area contributed by atoms with E-state index >= 15 is 0 Å². The second-order valence-electron chi connectivity index (χ2n) is 5.39. The fraction of sp³-hybridized carbons (Fsp3) is 0.438. The number of carbonyl (C=O) groups is 3. The summed E-state index contributed by atoms with van der Waals surface area (Å²) in [4.78, 5) is 37.1. The molecule has 0 heterocycles. The molecule has 1 aliphatic rings. The maximum absolute atomic E-state index is 12.7. The molecule has 0 aliphatic heterocycles. The van der Waals surface area contributed by atoms with E-state index in [0.717, 1.165) is 37.4 Å². The van der Waals surface area contributed by atoms with Crippen molar-refractivity contribution in [1.82, 2.24) is 4.90 Å². The summed E-state index contributed by atoms with van der Waals surface area (Å²) < 4.78 is 0. The minimum Gasteiger partial charge on any atom is -0.480 e. The summed E-state index contributed by atoms with van der Waals surface area (Å²) in [6.07, 6.45) is 3.74. The minimum absolute atomic E-state index is 0.00674. The zero-order chi connectivity index (χ0) is 16.1. The molecule has 1 aliphatic carbocycles. The van der Waals surface area contributed by atoms with E-state index in [4.69, 9.17) is 5.11 Å². The van der Waals surface area contributed by atoms with E-state index in [0.29, 0.717) is 10.5 Å². The number of carbonyl (C=O) groups excluding carboxylic acids is 2. The highest BCUT2D eigenvalue weighted by Gasteiger charge is 2.29. The largest absolute Gasteiger partial charge is 0.480 e. The van der Waals surface area contributed by atoms with Gasteiger partial charge in [-0.05, 0) is 31.0 Å². The van der Waals surface area contributed by atoms with Gasteiger partial charge in [-0.2, -0.15) is 0 Å². The van der Waals surface area contributed by atoms with Crippen LogP contribution in [0.2, 0.25) is 0 Å². The molecule has 0 aromatic heterocycles. The molecule has 2 rings (SSSR count). The molecule has 0 atom stereocenters. The van der Waals surface area contributed by atoms with Crippen LogP contribution in [-0.2, 0) is 9.59 Å². The molecular formula is C16H19NO4S.